The molecule has 1 aromatic carbocycles. The van der Waals surface area contributed by atoms with Crippen LogP contribution >= 0.6 is 11.5 Å². The molecule has 0 saturated heterocycles. The number of ketones is 1. The Morgan fingerprint density at radius 3 is 2.58 bits per heavy atom. The summed E-state index contributed by atoms with van der Waals surface area (Å²) in [7, 11) is 0. The van der Waals surface area contributed by atoms with Crippen molar-refractivity contribution in [2.75, 3.05) is 5.32 Å². The third kappa shape index (κ3) is 2.63. The van der Waals surface area contributed by atoms with Gasteiger partial charge in [0.25, 0.3) is 0 Å². The molecule has 0 amide bonds. The molecule has 0 saturated carbocycles. The fourth-order valence-corrected chi connectivity index (χ4v) is 2.59. The molecule has 1 heterocycles. The summed E-state index contributed by atoms with van der Waals surface area (Å²) >= 11 is 1.05. The molecule has 0 fully saturated rings. The van der Waals surface area contributed by atoms with Crippen LogP contribution in [-0.4, -0.2) is 10.2 Å². The highest BCUT2D eigenvalue weighted by Crippen LogP contribution is 2.30. The van der Waals surface area contributed by atoms with Crippen molar-refractivity contribution in [2.45, 2.75) is 20.8 Å². The Bertz CT molecular complexity index is 652. The highest BCUT2D eigenvalue weighted by molar-refractivity contribution is 7.10. The largest absolute Gasteiger partial charge is 0.343 e. The monoisotopic (exact) mass is 282 g/mol. The first-order valence-corrected chi connectivity index (χ1v) is 6.37. The topological polar surface area (TPSA) is 42.0 Å². The molecule has 3 nitrogen and oxygen atoms in total. The van der Waals surface area contributed by atoms with E-state index in [0.29, 0.717) is 16.3 Å². The Kier molecular flexibility index (Phi) is 3.61. The summed E-state index contributed by atoms with van der Waals surface area (Å²) in [6.45, 7) is 4.60. The summed E-state index contributed by atoms with van der Waals surface area (Å²) in [5.41, 5.74) is 1.21. The van der Waals surface area contributed by atoms with Gasteiger partial charge in [0.15, 0.2) is 5.78 Å². The van der Waals surface area contributed by atoms with Gasteiger partial charge in [0, 0.05) is 6.07 Å². The average Bonchev–Trinajstić information content (AvgIpc) is 2.67. The van der Waals surface area contributed by atoms with Crippen molar-refractivity contribution in [3.8, 4) is 0 Å². The van der Waals surface area contributed by atoms with Crippen LogP contribution in [-0.2, 0) is 0 Å². The fourth-order valence-electron chi connectivity index (χ4n) is 1.73. The van der Waals surface area contributed by atoms with Crippen LogP contribution in [0.1, 0.15) is 28.5 Å². The highest BCUT2D eigenvalue weighted by Gasteiger charge is 2.16. The highest BCUT2D eigenvalue weighted by atomic mass is 32.1. The van der Waals surface area contributed by atoms with Gasteiger partial charge in [0.05, 0.1) is 16.9 Å². The molecule has 1 N–H and O–H groups in total. The molecule has 19 heavy (non-hydrogen) atoms. The van der Waals surface area contributed by atoms with E-state index in [1.807, 2.05) is 0 Å². The van der Waals surface area contributed by atoms with E-state index < -0.39 is 11.6 Å². The number of rotatable bonds is 3. The average molecular weight is 282 g/mol. The summed E-state index contributed by atoms with van der Waals surface area (Å²) in [5.74, 6) is -1.24. The maximum absolute atomic E-state index is 13.7. The number of nitrogens with one attached hydrogen (secondary N) is 1. The Labute approximate surface area is 113 Å². The molecule has 0 bridgehead atoms. The van der Waals surface area contributed by atoms with Gasteiger partial charge >= 0.3 is 0 Å². The maximum Gasteiger partial charge on any atom is 0.164 e. The number of hydrogen-bond donors (Lipinski definition) is 1. The van der Waals surface area contributed by atoms with Crippen LogP contribution in [0.15, 0.2) is 12.1 Å². The standard InChI is InChI=1S/C13H12F2N2OS/c1-6-4-10(15)11(5-9(6)14)16-13-12(8(3)18)7(2)17-19-13/h4-5,16H,1-3H3. The normalized spacial score (nSPS) is 10.6. The lowest BCUT2D eigenvalue weighted by Gasteiger charge is -2.08. The van der Waals surface area contributed by atoms with Crippen LogP contribution in [0.4, 0.5) is 19.5 Å². The van der Waals surface area contributed by atoms with Gasteiger partial charge in [0.2, 0.25) is 0 Å². The zero-order chi connectivity index (χ0) is 14.2. The molecule has 2 rings (SSSR count). The smallest absolute Gasteiger partial charge is 0.164 e. The summed E-state index contributed by atoms with van der Waals surface area (Å²) in [6.07, 6.45) is 0. The molecular formula is C13H12F2N2OS. The first kappa shape index (κ1) is 13.6. The lowest BCUT2D eigenvalue weighted by molar-refractivity contribution is 0.101. The van der Waals surface area contributed by atoms with E-state index in [4.69, 9.17) is 0 Å². The number of aromatic nitrogens is 1. The molecule has 0 aliphatic rings. The molecule has 0 unspecified atom stereocenters. The molecule has 2 aromatic rings. The van der Waals surface area contributed by atoms with Crippen molar-refractivity contribution in [2.24, 2.45) is 0 Å². The summed E-state index contributed by atoms with van der Waals surface area (Å²) in [4.78, 5) is 11.5. The number of nitrogens with zero attached hydrogens (tertiary/aromatic N) is 1. The maximum atomic E-state index is 13.7. The fraction of sp³-hybridized carbons (Fsp3) is 0.231. The third-order valence-corrected chi connectivity index (χ3v) is 3.57. The number of Topliss-reactive ketones (excluding diaryl/α,β-unsaturated/α-hetero) is 1. The van der Waals surface area contributed by atoms with Gasteiger partial charge in [-0.15, -0.1) is 0 Å². The van der Waals surface area contributed by atoms with Crippen molar-refractivity contribution < 1.29 is 13.6 Å². The summed E-state index contributed by atoms with van der Waals surface area (Å²) < 4.78 is 31.2. The Hall–Kier alpha value is -1.82. The Balaban J connectivity index is 2.42. The van der Waals surface area contributed by atoms with Crippen molar-refractivity contribution in [1.29, 1.82) is 0 Å². The number of hydrogen-bond acceptors (Lipinski definition) is 4. The number of anilines is 2. The van der Waals surface area contributed by atoms with Gasteiger partial charge in [-0.3, -0.25) is 4.79 Å². The number of benzene rings is 1. The summed E-state index contributed by atoms with van der Waals surface area (Å²) in [6, 6.07) is 2.18. The Morgan fingerprint density at radius 2 is 1.95 bits per heavy atom. The van der Waals surface area contributed by atoms with E-state index in [0.717, 1.165) is 23.7 Å². The second-order valence-corrected chi connectivity index (χ2v) is 5.01. The van der Waals surface area contributed by atoms with E-state index in [9.17, 15) is 13.6 Å². The molecule has 0 spiro atoms. The number of carbonyl (C=O) groups is 1. The second kappa shape index (κ2) is 5.05. The molecular weight excluding hydrogens is 270 g/mol. The van der Waals surface area contributed by atoms with Gasteiger partial charge in [0.1, 0.15) is 16.6 Å². The van der Waals surface area contributed by atoms with Gasteiger partial charge in [-0.1, -0.05) is 0 Å². The SMILES string of the molecule is CC(=O)c1c(C)nsc1Nc1cc(F)c(C)cc1F. The number of carbonyl (C=O) groups excluding carboxylic acids is 1. The minimum atomic E-state index is -0.570. The van der Waals surface area contributed by atoms with Gasteiger partial charge < -0.3 is 5.32 Å². The van der Waals surface area contributed by atoms with Crippen molar-refractivity contribution in [3.63, 3.8) is 0 Å². The predicted octanol–water partition coefficient (Wildman–Crippen LogP) is 3.98. The number of aryl methyl sites for hydroxylation is 2. The summed E-state index contributed by atoms with van der Waals surface area (Å²) in [5, 5.41) is 3.15. The van der Waals surface area contributed by atoms with Gasteiger partial charge in [-0.2, -0.15) is 4.37 Å². The lowest BCUT2D eigenvalue weighted by atomic mass is 10.1. The van der Waals surface area contributed by atoms with E-state index in [2.05, 4.69) is 9.69 Å². The minimum absolute atomic E-state index is 0.00532. The molecule has 1 aromatic heterocycles. The quantitative estimate of drug-likeness (QED) is 0.866. The minimum Gasteiger partial charge on any atom is -0.343 e. The van der Waals surface area contributed by atoms with Crippen LogP contribution in [0.5, 0.6) is 0 Å². The van der Waals surface area contributed by atoms with Crippen LogP contribution in [0.3, 0.4) is 0 Å². The first-order valence-electron chi connectivity index (χ1n) is 5.60. The molecule has 100 valence electrons. The molecule has 6 heteroatoms. The van der Waals surface area contributed by atoms with Crippen molar-refractivity contribution in [1.82, 2.24) is 4.37 Å². The van der Waals surface area contributed by atoms with Gasteiger partial charge in [-0.25, -0.2) is 8.78 Å². The molecule has 0 aliphatic carbocycles. The van der Waals surface area contributed by atoms with Crippen LogP contribution in [0.2, 0.25) is 0 Å². The van der Waals surface area contributed by atoms with Crippen LogP contribution in [0, 0.1) is 25.5 Å². The van der Waals surface area contributed by atoms with E-state index in [1.165, 1.54) is 13.8 Å². The van der Waals surface area contributed by atoms with Gasteiger partial charge in [-0.05, 0) is 43.9 Å². The second-order valence-electron chi connectivity index (χ2n) is 4.23. The Morgan fingerprint density at radius 1 is 1.26 bits per heavy atom. The molecule has 0 aliphatic heterocycles. The molecule has 0 atom stereocenters. The van der Waals surface area contributed by atoms with Crippen LogP contribution < -0.4 is 5.32 Å². The van der Waals surface area contributed by atoms with E-state index in [1.54, 1.807) is 6.92 Å². The lowest BCUT2D eigenvalue weighted by Crippen LogP contribution is -2.01. The zero-order valence-corrected chi connectivity index (χ0v) is 11.5. The zero-order valence-electron chi connectivity index (χ0n) is 10.7. The molecule has 0 radical (unpaired) electrons. The van der Waals surface area contributed by atoms with Crippen LogP contribution in [0.25, 0.3) is 0 Å². The third-order valence-electron chi connectivity index (χ3n) is 2.71. The predicted molar refractivity (Wildman–Crippen MR) is 71.2 cm³/mol. The first-order chi connectivity index (χ1) is 8.90. The van der Waals surface area contributed by atoms with E-state index >= 15 is 0 Å². The number of halogens is 2. The van der Waals surface area contributed by atoms with Crippen molar-refractivity contribution in [3.05, 3.63) is 40.6 Å². The van der Waals surface area contributed by atoms with E-state index in [-0.39, 0.29) is 17.0 Å². The van der Waals surface area contributed by atoms with Crippen molar-refractivity contribution >= 4 is 28.0 Å².